The Morgan fingerprint density at radius 3 is 2.42 bits per heavy atom. The third kappa shape index (κ3) is 4.15. The van der Waals surface area contributed by atoms with Gasteiger partial charge in [0.1, 0.15) is 0 Å². The molecule has 6 heteroatoms. The quantitative estimate of drug-likeness (QED) is 0.700. The molecule has 0 aliphatic carbocycles. The van der Waals surface area contributed by atoms with Crippen LogP contribution in [0.5, 0.6) is 0 Å². The standard InChI is InChI=1S/C13H27N3O2S/c1-14-7-4-8-19(17,18)15-11-9-12-5-3-6-13(10-11)16(12)2/h11-15H,3-10H2,1-2H3. The molecule has 2 rings (SSSR count). The Bertz CT molecular complexity index is 371. The third-order valence-corrected chi connectivity index (χ3v) is 6.04. The maximum atomic E-state index is 12.0. The fourth-order valence-electron chi connectivity index (χ4n) is 3.46. The maximum Gasteiger partial charge on any atom is 0.211 e. The summed E-state index contributed by atoms with van der Waals surface area (Å²) in [5.74, 6) is 0.232. The van der Waals surface area contributed by atoms with Crippen LogP contribution >= 0.6 is 0 Å². The van der Waals surface area contributed by atoms with Gasteiger partial charge in [0.25, 0.3) is 0 Å². The second kappa shape index (κ2) is 6.52. The summed E-state index contributed by atoms with van der Waals surface area (Å²) >= 11 is 0. The molecule has 0 aromatic heterocycles. The number of hydrogen-bond acceptors (Lipinski definition) is 4. The molecule has 0 aromatic carbocycles. The lowest BCUT2D eigenvalue weighted by Gasteiger charge is -2.47. The number of fused-ring (bicyclic) bond motifs is 2. The fraction of sp³-hybridized carbons (Fsp3) is 1.00. The van der Waals surface area contributed by atoms with Gasteiger partial charge in [0.15, 0.2) is 0 Å². The Morgan fingerprint density at radius 1 is 1.21 bits per heavy atom. The highest BCUT2D eigenvalue weighted by Crippen LogP contribution is 2.32. The molecule has 2 aliphatic heterocycles. The lowest BCUT2D eigenvalue weighted by molar-refractivity contribution is 0.0536. The topological polar surface area (TPSA) is 61.4 Å². The van der Waals surface area contributed by atoms with Crippen LogP contribution in [0.4, 0.5) is 0 Å². The van der Waals surface area contributed by atoms with Crippen LogP contribution in [0.2, 0.25) is 0 Å². The molecule has 2 N–H and O–H groups in total. The molecule has 2 bridgehead atoms. The molecule has 0 radical (unpaired) electrons. The normalized spacial score (nSPS) is 32.4. The van der Waals surface area contributed by atoms with Crippen LogP contribution in [0, 0.1) is 0 Å². The first-order chi connectivity index (χ1) is 9.02. The number of rotatable bonds is 6. The molecule has 0 spiro atoms. The minimum atomic E-state index is -3.11. The van der Waals surface area contributed by atoms with Gasteiger partial charge in [-0.05, 0) is 52.7 Å². The van der Waals surface area contributed by atoms with Gasteiger partial charge in [0, 0.05) is 18.1 Å². The summed E-state index contributed by atoms with van der Waals surface area (Å²) in [6.45, 7) is 0.750. The summed E-state index contributed by atoms with van der Waals surface area (Å²) in [6, 6.07) is 1.28. The average molecular weight is 289 g/mol. The van der Waals surface area contributed by atoms with Crippen LogP contribution in [-0.4, -0.2) is 57.8 Å². The Kier molecular flexibility index (Phi) is 5.22. The first kappa shape index (κ1) is 15.2. The second-order valence-electron chi connectivity index (χ2n) is 5.97. The van der Waals surface area contributed by atoms with Crippen LogP contribution in [-0.2, 0) is 10.0 Å². The monoisotopic (exact) mass is 289 g/mol. The summed E-state index contributed by atoms with van der Waals surface area (Å²) in [4.78, 5) is 2.45. The Balaban J connectivity index is 1.86. The predicted molar refractivity (Wildman–Crippen MR) is 77.7 cm³/mol. The zero-order valence-corrected chi connectivity index (χ0v) is 12.9. The molecule has 2 fully saturated rings. The van der Waals surface area contributed by atoms with Crippen LogP contribution < -0.4 is 10.0 Å². The third-order valence-electron chi connectivity index (χ3n) is 4.53. The van der Waals surface area contributed by atoms with Crippen LogP contribution in [0.25, 0.3) is 0 Å². The zero-order chi connectivity index (χ0) is 13.9. The van der Waals surface area contributed by atoms with Gasteiger partial charge in [-0.3, -0.25) is 0 Å². The molecule has 2 atom stereocenters. The average Bonchev–Trinajstić information content (AvgIpc) is 2.30. The largest absolute Gasteiger partial charge is 0.320 e. The molecule has 0 amide bonds. The van der Waals surface area contributed by atoms with E-state index in [1.165, 1.54) is 19.3 Å². The van der Waals surface area contributed by atoms with Crippen molar-refractivity contribution in [2.45, 2.75) is 56.7 Å². The number of nitrogens with zero attached hydrogens (tertiary/aromatic N) is 1. The van der Waals surface area contributed by atoms with E-state index in [2.05, 4.69) is 22.0 Å². The minimum absolute atomic E-state index is 0.145. The highest BCUT2D eigenvalue weighted by molar-refractivity contribution is 7.89. The number of nitrogens with one attached hydrogen (secondary N) is 2. The van der Waals surface area contributed by atoms with Gasteiger partial charge in [-0.15, -0.1) is 0 Å². The van der Waals surface area contributed by atoms with Gasteiger partial charge < -0.3 is 10.2 Å². The van der Waals surface area contributed by atoms with Gasteiger partial charge in [-0.1, -0.05) is 6.42 Å². The zero-order valence-electron chi connectivity index (χ0n) is 12.1. The molecule has 2 aliphatic rings. The van der Waals surface area contributed by atoms with E-state index in [0.717, 1.165) is 19.4 Å². The second-order valence-corrected chi connectivity index (χ2v) is 7.84. The van der Waals surface area contributed by atoms with Crippen molar-refractivity contribution >= 4 is 10.0 Å². The van der Waals surface area contributed by atoms with Crippen molar-refractivity contribution < 1.29 is 8.42 Å². The van der Waals surface area contributed by atoms with E-state index in [4.69, 9.17) is 0 Å². The summed E-state index contributed by atoms with van der Waals surface area (Å²) < 4.78 is 27.0. The van der Waals surface area contributed by atoms with E-state index in [9.17, 15) is 8.42 Å². The molecule has 5 nitrogen and oxygen atoms in total. The van der Waals surface area contributed by atoms with Crippen molar-refractivity contribution in [2.75, 3.05) is 26.4 Å². The smallest absolute Gasteiger partial charge is 0.211 e. The summed E-state index contributed by atoms with van der Waals surface area (Å²) in [5, 5.41) is 2.98. The predicted octanol–water partition coefficient (Wildman–Crippen LogP) is 0.531. The fourth-order valence-corrected chi connectivity index (χ4v) is 4.81. The number of piperidine rings is 2. The van der Waals surface area contributed by atoms with E-state index in [0.29, 0.717) is 18.5 Å². The van der Waals surface area contributed by atoms with Crippen molar-refractivity contribution in [3.05, 3.63) is 0 Å². The SMILES string of the molecule is CNCCCS(=O)(=O)NC1CC2CCCC(C1)N2C. The Hall–Kier alpha value is -0.170. The van der Waals surface area contributed by atoms with Gasteiger partial charge in [0.2, 0.25) is 10.0 Å². The Labute approximate surface area is 117 Å². The summed E-state index contributed by atoms with van der Waals surface area (Å²) in [5.41, 5.74) is 0. The molecule has 2 unspecified atom stereocenters. The van der Waals surface area contributed by atoms with Crippen molar-refractivity contribution in [2.24, 2.45) is 0 Å². The molecule has 2 saturated heterocycles. The van der Waals surface area contributed by atoms with E-state index in [1.807, 2.05) is 7.05 Å². The number of hydrogen-bond donors (Lipinski definition) is 2. The summed E-state index contributed by atoms with van der Waals surface area (Å²) in [7, 11) is 0.922. The first-order valence-electron chi connectivity index (χ1n) is 7.38. The van der Waals surface area contributed by atoms with Crippen LogP contribution in [0.15, 0.2) is 0 Å². The highest BCUT2D eigenvalue weighted by atomic mass is 32.2. The molecular formula is C13H27N3O2S. The molecule has 0 saturated carbocycles. The molecule has 2 heterocycles. The van der Waals surface area contributed by atoms with Crippen LogP contribution in [0.1, 0.15) is 38.5 Å². The molecule has 0 aromatic rings. The van der Waals surface area contributed by atoms with Gasteiger partial charge in [-0.2, -0.15) is 0 Å². The lowest BCUT2D eigenvalue weighted by Crippen LogP contribution is -2.55. The maximum absolute atomic E-state index is 12.0. The van der Waals surface area contributed by atoms with Crippen molar-refractivity contribution in [3.63, 3.8) is 0 Å². The van der Waals surface area contributed by atoms with E-state index >= 15 is 0 Å². The van der Waals surface area contributed by atoms with E-state index < -0.39 is 10.0 Å². The highest BCUT2D eigenvalue weighted by Gasteiger charge is 2.37. The van der Waals surface area contributed by atoms with Crippen molar-refractivity contribution in [3.8, 4) is 0 Å². The molecule has 112 valence electrons. The molecule has 19 heavy (non-hydrogen) atoms. The molecular weight excluding hydrogens is 262 g/mol. The summed E-state index contributed by atoms with van der Waals surface area (Å²) in [6.07, 6.45) is 6.33. The van der Waals surface area contributed by atoms with Crippen molar-refractivity contribution in [1.29, 1.82) is 0 Å². The van der Waals surface area contributed by atoms with Crippen LogP contribution in [0.3, 0.4) is 0 Å². The van der Waals surface area contributed by atoms with E-state index in [1.54, 1.807) is 0 Å². The Morgan fingerprint density at radius 2 is 1.84 bits per heavy atom. The van der Waals surface area contributed by atoms with Gasteiger partial charge in [0.05, 0.1) is 5.75 Å². The van der Waals surface area contributed by atoms with Crippen molar-refractivity contribution in [1.82, 2.24) is 14.9 Å². The lowest BCUT2D eigenvalue weighted by atomic mass is 9.83. The minimum Gasteiger partial charge on any atom is -0.320 e. The number of sulfonamides is 1. The first-order valence-corrected chi connectivity index (χ1v) is 9.03. The van der Waals surface area contributed by atoms with Gasteiger partial charge in [-0.25, -0.2) is 13.1 Å². The van der Waals surface area contributed by atoms with Gasteiger partial charge >= 0.3 is 0 Å². The van der Waals surface area contributed by atoms with E-state index in [-0.39, 0.29) is 11.8 Å².